The summed E-state index contributed by atoms with van der Waals surface area (Å²) in [6.45, 7) is 4.90. The number of benzene rings is 2. The van der Waals surface area contributed by atoms with Crippen molar-refractivity contribution in [3.8, 4) is 0 Å². The Bertz CT molecular complexity index is 624. The topological polar surface area (TPSA) is 64.3 Å². The number of carbonyl (C=O) groups is 1. The van der Waals surface area contributed by atoms with E-state index in [1.54, 1.807) is 0 Å². The van der Waals surface area contributed by atoms with Crippen LogP contribution in [-0.2, 0) is 17.9 Å². The van der Waals surface area contributed by atoms with E-state index in [1.807, 2.05) is 42.5 Å². The van der Waals surface area contributed by atoms with Gasteiger partial charge in [-0.3, -0.25) is 5.32 Å². The van der Waals surface area contributed by atoms with Crippen LogP contribution in [0.15, 0.2) is 48.5 Å². The molecular formula is C18H22N2O2. The van der Waals surface area contributed by atoms with Crippen molar-refractivity contribution in [3.05, 3.63) is 65.2 Å². The van der Waals surface area contributed by atoms with Crippen molar-refractivity contribution in [1.29, 1.82) is 0 Å². The smallest absolute Gasteiger partial charge is 0.411 e. The fourth-order valence-corrected chi connectivity index (χ4v) is 2.12. The number of amides is 1. The highest BCUT2D eigenvalue weighted by molar-refractivity contribution is 5.84. The third kappa shape index (κ3) is 4.60. The molecule has 0 saturated heterocycles. The first-order chi connectivity index (χ1) is 10.6. The molecule has 2 aromatic carbocycles. The van der Waals surface area contributed by atoms with Gasteiger partial charge in [0.1, 0.15) is 6.61 Å². The maximum atomic E-state index is 11.9. The molecule has 0 aliphatic carbocycles. The molecule has 116 valence electrons. The van der Waals surface area contributed by atoms with Crippen LogP contribution in [0.3, 0.4) is 0 Å². The van der Waals surface area contributed by atoms with Crippen LogP contribution in [-0.4, -0.2) is 6.09 Å². The lowest BCUT2D eigenvalue weighted by Gasteiger charge is -2.12. The minimum absolute atomic E-state index is 0.250. The molecule has 0 aliphatic heterocycles. The zero-order valence-electron chi connectivity index (χ0n) is 13.0. The van der Waals surface area contributed by atoms with Crippen LogP contribution in [0.4, 0.5) is 10.5 Å². The Morgan fingerprint density at radius 3 is 2.50 bits per heavy atom. The van der Waals surface area contributed by atoms with E-state index < -0.39 is 6.09 Å². The van der Waals surface area contributed by atoms with Crippen molar-refractivity contribution in [3.63, 3.8) is 0 Å². The van der Waals surface area contributed by atoms with Crippen LogP contribution >= 0.6 is 0 Å². The van der Waals surface area contributed by atoms with E-state index in [-0.39, 0.29) is 6.61 Å². The van der Waals surface area contributed by atoms with Gasteiger partial charge in [-0.25, -0.2) is 4.79 Å². The van der Waals surface area contributed by atoms with E-state index in [0.29, 0.717) is 18.2 Å². The average Bonchev–Trinajstić information content (AvgIpc) is 2.53. The lowest BCUT2D eigenvalue weighted by Crippen LogP contribution is -2.14. The summed E-state index contributed by atoms with van der Waals surface area (Å²) >= 11 is 0. The number of hydrogen-bond donors (Lipinski definition) is 2. The fraction of sp³-hybridized carbons (Fsp3) is 0.278. The van der Waals surface area contributed by atoms with Crippen molar-refractivity contribution in [2.75, 3.05) is 5.32 Å². The van der Waals surface area contributed by atoms with Crippen molar-refractivity contribution in [2.45, 2.75) is 32.9 Å². The first-order valence-corrected chi connectivity index (χ1v) is 7.40. The predicted molar refractivity (Wildman–Crippen MR) is 88.7 cm³/mol. The molecule has 2 rings (SSSR count). The summed E-state index contributed by atoms with van der Waals surface area (Å²) < 4.78 is 5.22. The normalized spacial score (nSPS) is 10.5. The van der Waals surface area contributed by atoms with E-state index in [1.165, 1.54) is 0 Å². The van der Waals surface area contributed by atoms with Gasteiger partial charge in [0, 0.05) is 12.2 Å². The van der Waals surface area contributed by atoms with Gasteiger partial charge in [-0.05, 0) is 34.7 Å². The Labute approximate surface area is 131 Å². The molecule has 22 heavy (non-hydrogen) atoms. The molecule has 2 aromatic rings. The second-order valence-electron chi connectivity index (χ2n) is 5.51. The maximum absolute atomic E-state index is 11.9. The third-order valence-corrected chi connectivity index (χ3v) is 3.38. The van der Waals surface area contributed by atoms with Gasteiger partial charge in [-0.1, -0.05) is 50.2 Å². The zero-order chi connectivity index (χ0) is 15.9. The van der Waals surface area contributed by atoms with Crippen molar-refractivity contribution >= 4 is 11.8 Å². The summed E-state index contributed by atoms with van der Waals surface area (Å²) in [6.07, 6.45) is -0.465. The monoisotopic (exact) mass is 298 g/mol. The quantitative estimate of drug-likeness (QED) is 0.876. The van der Waals surface area contributed by atoms with E-state index in [2.05, 4.69) is 25.2 Å². The molecule has 4 nitrogen and oxygen atoms in total. The van der Waals surface area contributed by atoms with E-state index in [9.17, 15) is 4.79 Å². The third-order valence-electron chi connectivity index (χ3n) is 3.38. The number of nitrogens with one attached hydrogen (secondary N) is 1. The van der Waals surface area contributed by atoms with Crippen LogP contribution in [0.5, 0.6) is 0 Å². The first kappa shape index (κ1) is 16.0. The average molecular weight is 298 g/mol. The highest BCUT2D eigenvalue weighted by Gasteiger charge is 2.08. The maximum Gasteiger partial charge on any atom is 0.411 e. The lowest BCUT2D eigenvalue weighted by molar-refractivity contribution is 0.155. The summed E-state index contributed by atoms with van der Waals surface area (Å²) in [6, 6.07) is 15.5. The Hall–Kier alpha value is -2.33. The van der Waals surface area contributed by atoms with Crippen molar-refractivity contribution in [2.24, 2.45) is 5.73 Å². The fourth-order valence-electron chi connectivity index (χ4n) is 2.12. The number of anilines is 1. The molecule has 0 saturated carbocycles. The van der Waals surface area contributed by atoms with Crippen LogP contribution in [0.25, 0.3) is 0 Å². The van der Waals surface area contributed by atoms with Gasteiger partial charge >= 0.3 is 6.09 Å². The largest absolute Gasteiger partial charge is 0.444 e. The highest BCUT2D eigenvalue weighted by Crippen LogP contribution is 2.21. The number of nitrogens with two attached hydrogens (primary N) is 1. The van der Waals surface area contributed by atoms with Crippen LogP contribution in [0, 0.1) is 0 Å². The molecule has 0 bridgehead atoms. The molecule has 0 unspecified atom stereocenters. The molecular weight excluding hydrogens is 276 g/mol. The Morgan fingerprint density at radius 1 is 1.14 bits per heavy atom. The molecule has 0 aliphatic rings. The summed E-state index contributed by atoms with van der Waals surface area (Å²) in [7, 11) is 0. The summed E-state index contributed by atoms with van der Waals surface area (Å²) in [5.74, 6) is 0.368. The highest BCUT2D eigenvalue weighted by atomic mass is 16.5. The number of hydrogen-bond acceptors (Lipinski definition) is 3. The SMILES string of the molecule is CC(C)c1cc(CN)cc(NC(=O)OCc2ccccc2)c1. The first-order valence-electron chi connectivity index (χ1n) is 7.40. The van der Waals surface area contributed by atoms with Crippen molar-refractivity contribution in [1.82, 2.24) is 0 Å². The van der Waals surface area contributed by atoms with E-state index in [0.717, 1.165) is 16.7 Å². The minimum atomic E-state index is -0.465. The molecule has 0 spiro atoms. The van der Waals surface area contributed by atoms with Crippen LogP contribution in [0.1, 0.15) is 36.5 Å². The standard InChI is InChI=1S/C18H22N2O2/c1-13(2)16-8-15(11-19)9-17(10-16)20-18(21)22-12-14-6-4-3-5-7-14/h3-10,13H,11-12,19H2,1-2H3,(H,20,21). The number of ether oxygens (including phenoxy) is 1. The Morgan fingerprint density at radius 2 is 1.86 bits per heavy atom. The van der Waals surface area contributed by atoms with Crippen molar-refractivity contribution < 1.29 is 9.53 Å². The van der Waals surface area contributed by atoms with E-state index in [4.69, 9.17) is 10.5 Å². The lowest BCUT2D eigenvalue weighted by atomic mass is 10.00. The molecule has 4 heteroatoms. The second-order valence-corrected chi connectivity index (χ2v) is 5.51. The van der Waals surface area contributed by atoms with Gasteiger partial charge in [0.2, 0.25) is 0 Å². The molecule has 0 radical (unpaired) electrons. The zero-order valence-corrected chi connectivity index (χ0v) is 13.0. The van der Waals surface area contributed by atoms with Gasteiger partial charge in [0.05, 0.1) is 0 Å². The van der Waals surface area contributed by atoms with Gasteiger partial charge in [0.25, 0.3) is 0 Å². The molecule has 0 aromatic heterocycles. The van der Waals surface area contributed by atoms with Gasteiger partial charge in [-0.15, -0.1) is 0 Å². The van der Waals surface area contributed by atoms with Gasteiger partial charge in [-0.2, -0.15) is 0 Å². The summed E-state index contributed by atoms with van der Waals surface area (Å²) in [5, 5.41) is 2.77. The second kappa shape index (κ2) is 7.61. The van der Waals surface area contributed by atoms with Crippen LogP contribution < -0.4 is 11.1 Å². The van der Waals surface area contributed by atoms with E-state index >= 15 is 0 Å². The Balaban J connectivity index is 2.00. The van der Waals surface area contributed by atoms with Crippen LogP contribution in [0.2, 0.25) is 0 Å². The molecule has 0 heterocycles. The number of carbonyl (C=O) groups excluding carboxylic acids is 1. The number of rotatable bonds is 5. The van der Waals surface area contributed by atoms with Gasteiger partial charge < -0.3 is 10.5 Å². The molecule has 3 N–H and O–H groups in total. The molecule has 1 amide bonds. The summed E-state index contributed by atoms with van der Waals surface area (Å²) in [4.78, 5) is 11.9. The Kier molecular flexibility index (Phi) is 5.55. The molecule has 0 fully saturated rings. The minimum Gasteiger partial charge on any atom is -0.444 e. The van der Waals surface area contributed by atoms with Gasteiger partial charge in [0.15, 0.2) is 0 Å². The molecule has 0 atom stereocenters. The predicted octanol–water partition coefficient (Wildman–Crippen LogP) is 4.02. The summed E-state index contributed by atoms with van der Waals surface area (Å²) in [5.41, 5.74) is 9.51.